The van der Waals surface area contributed by atoms with Crippen molar-refractivity contribution in [1.29, 1.82) is 0 Å². The van der Waals surface area contributed by atoms with Crippen molar-refractivity contribution in [3.8, 4) is 0 Å². The van der Waals surface area contributed by atoms with Crippen LogP contribution in [-0.2, 0) is 25.6 Å². The zero-order valence-corrected chi connectivity index (χ0v) is 17.4. The fourth-order valence-electron chi connectivity index (χ4n) is 3.19. The van der Waals surface area contributed by atoms with E-state index >= 15 is 0 Å². The predicted octanol–water partition coefficient (Wildman–Crippen LogP) is -0.284. The van der Waals surface area contributed by atoms with Gasteiger partial charge in [-0.1, -0.05) is 6.07 Å². The second kappa shape index (κ2) is 11.3. The number of alkyl halides is 1. The Morgan fingerprint density at radius 1 is 1.35 bits per heavy atom. The molecule has 1 heterocycles. The first-order valence-electron chi connectivity index (χ1n) is 9.93. The summed E-state index contributed by atoms with van der Waals surface area (Å²) in [5, 5.41) is 10.1. The number of benzene rings is 1. The number of nitrogens with zero attached hydrogens (tertiary/aromatic N) is 1. The summed E-state index contributed by atoms with van der Waals surface area (Å²) in [5.41, 5.74) is 0.288. The van der Waals surface area contributed by atoms with Crippen LogP contribution >= 0.6 is 0 Å². The standard InChI is InChI=1S/C20H27F2N5O4/c1-12-10-27(6-5-24-12)20(31)17(26-19(30)13(2)21)8-14-3-4-16(15(22)7-14)25-18(29)9-23-11-28/h3-4,7,11-13,17,24H,5-6,8-10H2,1-2H3,(H,23,28)(H,25,29)(H,26,30). The van der Waals surface area contributed by atoms with Gasteiger partial charge in [0.05, 0.1) is 12.2 Å². The highest BCUT2D eigenvalue weighted by atomic mass is 19.1. The van der Waals surface area contributed by atoms with Gasteiger partial charge in [0.1, 0.15) is 11.9 Å². The Hall–Kier alpha value is -3.08. The van der Waals surface area contributed by atoms with E-state index in [0.29, 0.717) is 31.6 Å². The Bertz CT molecular complexity index is 821. The lowest BCUT2D eigenvalue weighted by atomic mass is 10.0. The maximum absolute atomic E-state index is 14.4. The molecule has 0 saturated carbocycles. The molecule has 1 aromatic carbocycles. The van der Waals surface area contributed by atoms with Crippen LogP contribution in [-0.4, -0.2) is 73.5 Å². The molecule has 0 spiro atoms. The molecule has 1 fully saturated rings. The third kappa shape index (κ3) is 7.28. The van der Waals surface area contributed by atoms with Gasteiger partial charge in [0.25, 0.3) is 5.91 Å². The van der Waals surface area contributed by atoms with Gasteiger partial charge in [-0.25, -0.2) is 8.78 Å². The number of carbonyl (C=O) groups is 4. The number of anilines is 1. The molecular formula is C20H27F2N5O4. The van der Waals surface area contributed by atoms with Crippen LogP contribution in [0.2, 0.25) is 0 Å². The smallest absolute Gasteiger partial charge is 0.254 e. The summed E-state index contributed by atoms with van der Waals surface area (Å²) in [6.45, 7) is 4.15. The molecule has 2 rings (SSSR count). The lowest BCUT2D eigenvalue weighted by molar-refractivity contribution is -0.138. The molecule has 31 heavy (non-hydrogen) atoms. The largest absolute Gasteiger partial charge is 0.350 e. The van der Waals surface area contributed by atoms with Crippen LogP contribution < -0.4 is 21.3 Å². The fourth-order valence-corrected chi connectivity index (χ4v) is 3.19. The summed E-state index contributed by atoms with van der Waals surface area (Å²) in [5.74, 6) is -2.65. The molecule has 1 aliphatic rings. The highest BCUT2D eigenvalue weighted by Crippen LogP contribution is 2.18. The molecule has 0 radical (unpaired) electrons. The van der Waals surface area contributed by atoms with E-state index in [1.807, 2.05) is 6.92 Å². The minimum Gasteiger partial charge on any atom is -0.350 e. The van der Waals surface area contributed by atoms with Crippen molar-refractivity contribution in [3.05, 3.63) is 29.6 Å². The Morgan fingerprint density at radius 3 is 2.71 bits per heavy atom. The van der Waals surface area contributed by atoms with Crippen molar-refractivity contribution in [2.45, 2.75) is 38.5 Å². The van der Waals surface area contributed by atoms with Gasteiger partial charge < -0.3 is 26.2 Å². The van der Waals surface area contributed by atoms with E-state index in [4.69, 9.17) is 0 Å². The molecule has 0 aliphatic carbocycles. The summed E-state index contributed by atoms with van der Waals surface area (Å²) in [7, 11) is 0. The Kier molecular flexibility index (Phi) is 8.86. The molecule has 1 aliphatic heterocycles. The maximum Gasteiger partial charge on any atom is 0.254 e. The van der Waals surface area contributed by atoms with Crippen LogP contribution in [0.25, 0.3) is 0 Å². The molecule has 170 valence electrons. The first-order valence-corrected chi connectivity index (χ1v) is 9.93. The number of nitrogens with one attached hydrogen (secondary N) is 4. The maximum atomic E-state index is 14.4. The van der Waals surface area contributed by atoms with Crippen LogP contribution in [0.3, 0.4) is 0 Å². The molecule has 0 bridgehead atoms. The van der Waals surface area contributed by atoms with Crippen LogP contribution in [0, 0.1) is 5.82 Å². The van der Waals surface area contributed by atoms with Crippen molar-refractivity contribution in [1.82, 2.24) is 20.9 Å². The average Bonchev–Trinajstić information content (AvgIpc) is 2.73. The number of halogens is 2. The number of piperazine rings is 1. The third-order valence-electron chi connectivity index (χ3n) is 4.75. The van der Waals surface area contributed by atoms with Crippen molar-refractivity contribution in [2.24, 2.45) is 0 Å². The zero-order valence-electron chi connectivity index (χ0n) is 17.4. The van der Waals surface area contributed by atoms with Crippen molar-refractivity contribution >= 4 is 29.8 Å². The number of hydrogen-bond donors (Lipinski definition) is 4. The van der Waals surface area contributed by atoms with Crippen LogP contribution in [0.1, 0.15) is 19.4 Å². The van der Waals surface area contributed by atoms with Gasteiger partial charge in [0, 0.05) is 32.1 Å². The van der Waals surface area contributed by atoms with Crippen LogP contribution in [0.15, 0.2) is 18.2 Å². The molecule has 9 nitrogen and oxygen atoms in total. The van der Waals surface area contributed by atoms with Gasteiger partial charge >= 0.3 is 0 Å². The molecular weight excluding hydrogens is 412 g/mol. The quantitative estimate of drug-likeness (QED) is 0.395. The normalized spacial score (nSPS) is 17.9. The van der Waals surface area contributed by atoms with Crippen LogP contribution in [0.4, 0.5) is 14.5 Å². The second-order valence-corrected chi connectivity index (χ2v) is 7.38. The average molecular weight is 439 g/mol. The third-order valence-corrected chi connectivity index (χ3v) is 4.75. The lowest BCUT2D eigenvalue weighted by Gasteiger charge is -2.34. The SMILES string of the molecule is CC1CN(C(=O)C(Cc2ccc(NC(=O)CNC=O)c(F)c2)NC(=O)C(C)F)CCN1. The van der Waals surface area contributed by atoms with Gasteiger partial charge in [-0.15, -0.1) is 0 Å². The number of carbonyl (C=O) groups excluding carboxylic acids is 4. The van der Waals surface area contributed by atoms with Gasteiger partial charge in [-0.3, -0.25) is 19.2 Å². The predicted molar refractivity (Wildman–Crippen MR) is 109 cm³/mol. The van der Waals surface area contributed by atoms with Gasteiger partial charge in [-0.05, 0) is 31.5 Å². The summed E-state index contributed by atoms with van der Waals surface area (Å²) in [4.78, 5) is 48.3. The first-order chi connectivity index (χ1) is 14.7. The topological polar surface area (TPSA) is 120 Å². The summed E-state index contributed by atoms with van der Waals surface area (Å²) < 4.78 is 27.8. The molecule has 4 amide bonds. The number of amides is 4. The van der Waals surface area contributed by atoms with E-state index in [1.165, 1.54) is 12.1 Å². The Labute approximate surface area is 178 Å². The highest BCUT2D eigenvalue weighted by molar-refractivity contribution is 5.93. The Morgan fingerprint density at radius 2 is 2.10 bits per heavy atom. The summed E-state index contributed by atoms with van der Waals surface area (Å²) in [6, 6.07) is 2.96. The molecule has 1 saturated heterocycles. The monoisotopic (exact) mass is 439 g/mol. The van der Waals surface area contributed by atoms with E-state index in [9.17, 15) is 28.0 Å². The van der Waals surface area contributed by atoms with Gasteiger partial charge in [-0.2, -0.15) is 0 Å². The van der Waals surface area contributed by atoms with E-state index in [-0.39, 0.29) is 30.6 Å². The summed E-state index contributed by atoms with van der Waals surface area (Å²) in [6.07, 6.45) is -1.50. The van der Waals surface area contributed by atoms with E-state index < -0.39 is 29.8 Å². The van der Waals surface area contributed by atoms with Crippen molar-refractivity contribution < 1.29 is 28.0 Å². The van der Waals surface area contributed by atoms with E-state index in [0.717, 1.165) is 13.0 Å². The van der Waals surface area contributed by atoms with Crippen molar-refractivity contribution in [2.75, 3.05) is 31.5 Å². The minimum absolute atomic E-state index is 0.0482. The molecule has 3 atom stereocenters. The molecule has 0 aromatic heterocycles. The zero-order chi connectivity index (χ0) is 23.0. The minimum atomic E-state index is -1.80. The van der Waals surface area contributed by atoms with Crippen LogP contribution in [0.5, 0.6) is 0 Å². The number of hydrogen-bond acceptors (Lipinski definition) is 5. The lowest BCUT2D eigenvalue weighted by Crippen LogP contribution is -2.57. The molecule has 1 aromatic rings. The molecule has 4 N–H and O–H groups in total. The highest BCUT2D eigenvalue weighted by Gasteiger charge is 2.30. The summed E-state index contributed by atoms with van der Waals surface area (Å²) >= 11 is 0. The first kappa shape index (κ1) is 24.2. The van der Waals surface area contributed by atoms with Gasteiger partial charge in [0.2, 0.25) is 18.2 Å². The van der Waals surface area contributed by atoms with E-state index in [1.54, 1.807) is 4.90 Å². The number of rotatable bonds is 9. The second-order valence-electron chi connectivity index (χ2n) is 7.38. The molecule has 3 unspecified atom stereocenters. The Balaban J connectivity index is 2.14. The van der Waals surface area contributed by atoms with Gasteiger partial charge in [0.15, 0.2) is 6.17 Å². The van der Waals surface area contributed by atoms with E-state index in [2.05, 4.69) is 21.3 Å². The van der Waals surface area contributed by atoms with Crippen molar-refractivity contribution in [3.63, 3.8) is 0 Å². The fraction of sp³-hybridized carbons (Fsp3) is 0.500. The molecule has 11 heteroatoms.